The predicted molar refractivity (Wildman–Crippen MR) is 87.1 cm³/mol. The molecule has 0 aromatic carbocycles. The van der Waals surface area contributed by atoms with Crippen LogP contribution in [0, 0.1) is 0 Å². The summed E-state index contributed by atoms with van der Waals surface area (Å²) in [6, 6.07) is 0.294. The van der Waals surface area contributed by atoms with E-state index in [0.717, 1.165) is 24.6 Å². The number of nitrogens with zero attached hydrogens (tertiary/aromatic N) is 6. The average Bonchev–Trinajstić information content (AvgIpc) is 2.78. The highest BCUT2D eigenvalue weighted by atomic mass is 32.2. The quantitative estimate of drug-likeness (QED) is 0.779. The Bertz CT molecular complexity index is 656. The monoisotopic (exact) mass is 342 g/mol. The van der Waals surface area contributed by atoms with Crippen LogP contribution in [0.15, 0.2) is 0 Å². The second-order valence-electron chi connectivity index (χ2n) is 6.56. The molecule has 0 bridgehead atoms. The van der Waals surface area contributed by atoms with E-state index in [1.54, 1.807) is 14.1 Å². The fourth-order valence-corrected chi connectivity index (χ4v) is 4.53. The van der Waals surface area contributed by atoms with Crippen LogP contribution in [0.1, 0.15) is 37.0 Å². The van der Waals surface area contributed by atoms with Crippen molar-refractivity contribution in [2.75, 3.05) is 40.8 Å². The maximum absolute atomic E-state index is 12.3. The molecule has 3 rings (SSSR count). The molecule has 0 N–H and O–H groups in total. The van der Waals surface area contributed by atoms with Gasteiger partial charge in [-0.3, -0.25) is 4.90 Å². The third kappa shape index (κ3) is 3.15. The number of hydrogen-bond donors (Lipinski definition) is 0. The largest absolute Gasteiger partial charge is 0.312 e. The van der Waals surface area contributed by atoms with Crippen LogP contribution in [-0.4, -0.2) is 77.5 Å². The first-order chi connectivity index (χ1) is 10.9. The molecule has 23 heavy (non-hydrogen) atoms. The molecule has 0 aliphatic carbocycles. The molecule has 1 atom stereocenters. The van der Waals surface area contributed by atoms with Gasteiger partial charge in [0, 0.05) is 40.2 Å². The molecule has 9 heteroatoms. The molecular weight excluding hydrogens is 316 g/mol. The summed E-state index contributed by atoms with van der Waals surface area (Å²) in [5.41, 5.74) is 0. The van der Waals surface area contributed by atoms with E-state index in [2.05, 4.69) is 26.7 Å². The number of aromatic nitrogens is 3. The predicted octanol–water partition coefficient (Wildman–Crippen LogP) is 0.0994. The zero-order valence-electron chi connectivity index (χ0n) is 14.1. The van der Waals surface area contributed by atoms with Crippen molar-refractivity contribution in [1.29, 1.82) is 0 Å². The van der Waals surface area contributed by atoms with Crippen molar-refractivity contribution >= 4 is 10.2 Å². The molecular formula is C14H26N6O2S. The summed E-state index contributed by atoms with van der Waals surface area (Å²) in [6.45, 7) is 2.62. The number of piperidine rings is 1. The molecule has 0 amide bonds. The third-order valence-corrected chi connectivity index (χ3v) is 6.81. The lowest BCUT2D eigenvalue weighted by atomic mass is 10.0. The SMILES string of the molecule is CN1CCCCC1c1nnc2n1CCN(S(=O)(=O)N(C)C)CC2. The van der Waals surface area contributed by atoms with Crippen molar-refractivity contribution in [3.8, 4) is 0 Å². The number of fused-ring (bicyclic) bond motifs is 1. The van der Waals surface area contributed by atoms with Gasteiger partial charge < -0.3 is 4.57 Å². The molecule has 0 radical (unpaired) electrons. The van der Waals surface area contributed by atoms with E-state index in [0.29, 0.717) is 32.1 Å². The number of likely N-dealkylation sites (tertiary alicyclic amines) is 1. The van der Waals surface area contributed by atoms with Gasteiger partial charge in [-0.05, 0) is 26.4 Å². The first kappa shape index (κ1) is 16.8. The molecule has 1 aromatic rings. The van der Waals surface area contributed by atoms with E-state index in [-0.39, 0.29) is 0 Å². The van der Waals surface area contributed by atoms with Gasteiger partial charge >= 0.3 is 0 Å². The van der Waals surface area contributed by atoms with Crippen molar-refractivity contribution in [2.45, 2.75) is 38.3 Å². The highest BCUT2D eigenvalue weighted by Crippen LogP contribution is 2.29. The smallest absolute Gasteiger partial charge is 0.281 e. The van der Waals surface area contributed by atoms with Gasteiger partial charge in [-0.1, -0.05) is 6.42 Å². The highest BCUT2D eigenvalue weighted by molar-refractivity contribution is 7.86. The fourth-order valence-electron chi connectivity index (χ4n) is 3.44. The molecule has 2 aliphatic rings. The van der Waals surface area contributed by atoms with Crippen molar-refractivity contribution in [2.24, 2.45) is 0 Å². The Hall–Kier alpha value is -1.03. The van der Waals surface area contributed by atoms with Crippen LogP contribution in [0.4, 0.5) is 0 Å². The maximum Gasteiger partial charge on any atom is 0.281 e. The van der Waals surface area contributed by atoms with Gasteiger partial charge in [-0.2, -0.15) is 17.0 Å². The van der Waals surface area contributed by atoms with Gasteiger partial charge in [0.2, 0.25) is 0 Å². The maximum atomic E-state index is 12.3. The first-order valence-electron chi connectivity index (χ1n) is 8.21. The Morgan fingerprint density at radius 1 is 1.09 bits per heavy atom. The molecule has 0 spiro atoms. The topological polar surface area (TPSA) is 74.6 Å². The van der Waals surface area contributed by atoms with Gasteiger partial charge in [0.15, 0.2) is 0 Å². The Morgan fingerprint density at radius 2 is 1.87 bits per heavy atom. The van der Waals surface area contributed by atoms with E-state index in [9.17, 15) is 8.42 Å². The molecule has 1 fully saturated rings. The van der Waals surface area contributed by atoms with Crippen LogP contribution in [0.25, 0.3) is 0 Å². The number of rotatable bonds is 3. The van der Waals surface area contributed by atoms with Crippen LogP contribution >= 0.6 is 0 Å². The molecule has 0 saturated carbocycles. The van der Waals surface area contributed by atoms with Crippen LogP contribution in [0.3, 0.4) is 0 Å². The lowest BCUT2D eigenvalue weighted by Crippen LogP contribution is -2.41. The second-order valence-corrected chi connectivity index (χ2v) is 8.70. The molecule has 1 aromatic heterocycles. The van der Waals surface area contributed by atoms with Crippen LogP contribution in [0.2, 0.25) is 0 Å². The fraction of sp³-hybridized carbons (Fsp3) is 0.857. The zero-order chi connectivity index (χ0) is 16.6. The van der Waals surface area contributed by atoms with E-state index in [1.807, 2.05) is 0 Å². The van der Waals surface area contributed by atoms with E-state index < -0.39 is 10.2 Å². The molecule has 1 unspecified atom stereocenters. The number of hydrogen-bond acceptors (Lipinski definition) is 5. The summed E-state index contributed by atoms with van der Waals surface area (Å²) >= 11 is 0. The normalized spacial score (nSPS) is 24.6. The Labute approximate surface area is 138 Å². The Kier molecular flexibility index (Phi) is 4.73. The molecule has 2 aliphatic heterocycles. The lowest BCUT2D eigenvalue weighted by Gasteiger charge is -2.32. The molecule has 8 nitrogen and oxygen atoms in total. The van der Waals surface area contributed by atoms with Crippen molar-refractivity contribution in [3.63, 3.8) is 0 Å². The van der Waals surface area contributed by atoms with Crippen molar-refractivity contribution in [3.05, 3.63) is 11.6 Å². The van der Waals surface area contributed by atoms with Crippen LogP contribution in [-0.2, 0) is 23.2 Å². The molecule has 1 saturated heterocycles. The third-order valence-electron chi connectivity index (χ3n) is 4.87. The summed E-state index contributed by atoms with van der Waals surface area (Å²) in [6.07, 6.45) is 4.13. The standard InChI is InChI=1S/C14H26N6O2S/c1-17(2)23(21,22)19-9-7-13-15-16-14(20(13)11-10-19)12-6-4-5-8-18(12)3/h12H,4-11H2,1-3H3. The van der Waals surface area contributed by atoms with Gasteiger partial charge in [0.1, 0.15) is 11.6 Å². The van der Waals surface area contributed by atoms with Crippen LogP contribution in [0.5, 0.6) is 0 Å². The first-order valence-corrected chi connectivity index (χ1v) is 9.61. The lowest BCUT2D eigenvalue weighted by molar-refractivity contribution is 0.174. The minimum atomic E-state index is -3.37. The van der Waals surface area contributed by atoms with Gasteiger partial charge in [0.25, 0.3) is 10.2 Å². The molecule has 3 heterocycles. The Balaban J connectivity index is 1.82. The molecule has 130 valence electrons. The van der Waals surface area contributed by atoms with E-state index >= 15 is 0 Å². The van der Waals surface area contributed by atoms with E-state index in [4.69, 9.17) is 0 Å². The van der Waals surface area contributed by atoms with Gasteiger partial charge in [0.05, 0.1) is 6.04 Å². The summed E-state index contributed by atoms with van der Waals surface area (Å²) in [4.78, 5) is 2.33. The van der Waals surface area contributed by atoms with Crippen molar-refractivity contribution in [1.82, 2.24) is 28.3 Å². The van der Waals surface area contributed by atoms with Crippen LogP contribution < -0.4 is 0 Å². The summed E-state index contributed by atoms with van der Waals surface area (Å²) in [5.74, 6) is 1.89. The second kappa shape index (κ2) is 6.46. The Morgan fingerprint density at radius 3 is 2.57 bits per heavy atom. The van der Waals surface area contributed by atoms with E-state index in [1.165, 1.54) is 21.5 Å². The summed E-state index contributed by atoms with van der Waals surface area (Å²) < 4.78 is 29.6. The highest BCUT2D eigenvalue weighted by Gasteiger charge is 2.31. The van der Waals surface area contributed by atoms with Gasteiger partial charge in [-0.15, -0.1) is 10.2 Å². The minimum Gasteiger partial charge on any atom is -0.312 e. The van der Waals surface area contributed by atoms with Crippen molar-refractivity contribution < 1.29 is 8.42 Å². The summed E-state index contributed by atoms with van der Waals surface area (Å²) in [5, 5.41) is 8.77. The minimum absolute atomic E-state index is 0.294. The average molecular weight is 342 g/mol. The zero-order valence-corrected chi connectivity index (χ0v) is 15.0. The summed E-state index contributed by atoms with van der Waals surface area (Å²) in [7, 11) is 1.90. The van der Waals surface area contributed by atoms with Gasteiger partial charge in [-0.25, -0.2) is 0 Å².